The average Bonchev–Trinajstić information content (AvgIpc) is 2.84. The molecule has 9 nitrogen and oxygen atoms in total. The number of rotatable bonds is 5. The van der Waals surface area contributed by atoms with Gasteiger partial charge in [-0.1, -0.05) is 12.1 Å². The van der Waals surface area contributed by atoms with Gasteiger partial charge in [0.25, 0.3) is 5.69 Å². The summed E-state index contributed by atoms with van der Waals surface area (Å²) in [5, 5.41) is 11.5. The summed E-state index contributed by atoms with van der Waals surface area (Å²) >= 11 is 0. The van der Waals surface area contributed by atoms with Crippen LogP contribution in [0.25, 0.3) is 34.0 Å². The molecule has 5 rings (SSSR count). The van der Waals surface area contributed by atoms with Crippen molar-refractivity contribution in [3.63, 3.8) is 0 Å². The van der Waals surface area contributed by atoms with Crippen molar-refractivity contribution in [2.75, 3.05) is 0 Å². The van der Waals surface area contributed by atoms with E-state index in [1.165, 1.54) is 18.2 Å². The van der Waals surface area contributed by atoms with Crippen LogP contribution in [0.2, 0.25) is 0 Å². The number of non-ortho nitro benzene ring substituents is 1. The molecular formula is C26H17N3O6. The van der Waals surface area contributed by atoms with Gasteiger partial charge >= 0.3 is 11.3 Å². The van der Waals surface area contributed by atoms with Crippen molar-refractivity contribution < 1.29 is 13.8 Å². The monoisotopic (exact) mass is 467 g/mol. The molecule has 0 aliphatic carbocycles. The molecule has 0 saturated heterocycles. The van der Waals surface area contributed by atoms with E-state index < -0.39 is 16.2 Å². The topological polar surface area (TPSA) is 129 Å². The number of aromatic nitrogens is 2. The minimum Gasteiger partial charge on any atom is -0.408 e. The molecule has 5 aromatic rings. The van der Waals surface area contributed by atoms with Gasteiger partial charge in [-0.3, -0.25) is 10.1 Å². The zero-order chi connectivity index (χ0) is 24.5. The largest absolute Gasteiger partial charge is 0.408 e. The van der Waals surface area contributed by atoms with Crippen molar-refractivity contribution in [1.82, 2.24) is 9.97 Å². The lowest BCUT2D eigenvalue weighted by Gasteiger charge is -2.05. The van der Waals surface area contributed by atoms with Gasteiger partial charge < -0.3 is 8.83 Å². The molecule has 0 amide bonds. The molecule has 0 unspecified atom stereocenters. The summed E-state index contributed by atoms with van der Waals surface area (Å²) in [5.41, 5.74) is 2.50. The number of nitro benzene ring substituents is 1. The SMILES string of the molecule is Cc1nc2ccc(Cc3ccc4nc(C=Cc5ccc([N+](=O)[O-])cc5)oc(=O)c4c3)cc2c(=O)o1. The van der Waals surface area contributed by atoms with Gasteiger partial charge in [-0.25, -0.2) is 19.6 Å². The zero-order valence-electron chi connectivity index (χ0n) is 18.4. The molecule has 0 fully saturated rings. The Morgan fingerprint density at radius 2 is 1.43 bits per heavy atom. The van der Waals surface area contributed by atoms with Gasteiger partial charge in [0.1, 0.15) is 0 Å². The molecule has 0 N–H and O–H groups in total. The van der Waals surface area contributed by atoms with Crippen LogP contribution in [-0.2, 0) is 6.42 Å². The average molecular weight is 467 g/mol. The summed E-state index contributed by atoms with van der Waals surface area (Å²) < 4.78 is 10.4. The van der Waals surface area contributed by atoms with Crippen LogP contribution >= 0.6 is 0 Å². The Hall–Kier alpha value is -4.92. The number of aryl methyl sites for hydroxylation is 1. The maximum atomic E-state index is 12.6. The minimum atomic E-state index is -0.529. The van der Waals surface area contributed by atoms with Crippen molar-refractivity contribution in [2.45, 2.75) is 13.3 Å². The molecule has 0 aliphatic rings. The van der Waals surface area contributed by atoms with Crippen LogP contribution in [0, 0.1) is 17.0 Å². The van der Waals surface area contributed by atoms with Crippen LogP contribution < -0.4 is 11.3 Å². The van der Waals surface area contributed by atoms with Crippen LogP contribution in [0.5, 0.6) is 0 Å². The highest BCUT2D eigenvalue weighted by molar-refractivity contribution is 5.80. The fourth-order valence-electron chi connectivity index (χ4n) is 3.76. The molecule has 0 bridgehead atoms. The van der Waals surface area contributed by atoms with E-state index in [9.17, 15) is 19.7 Å². The van der Waals surface area contributed by atoms with E-state index in [2.05, 4.69) is 9.97 Å². The third-order valence-electron chi connectivity index (χ3n) is 5.44. The first kappa shape index (κ1) is 21.9. The molecule has 0 spiro atoms. The van der Waals surface area contributed by atoms with Crippen molar-refractivity contribution in [1.29, 1.82) is 0 Å². The maximum absolute atomic E-state index is 12.6. The van der Waals surface area contributed by atoms with Crippen molar-refractivity contribution in [3.05, 3.63) is 120 Å². The first-order valence-corrected chi connectivity index (χ1v) is 10.6. The van der Waals surface area contributed by atoms with Gasteiger partial charge in [-0.05, 0) is 65.6 Å². The lowest BCUT2D eigenvalue weighted by Crippen LogP contribution is -2.05. The molecule has 0 aliphatic heterocycles. The highest BCUT2D eigenvalue weighted by atomic mass is 16.6. The number of benzene rings is 3. The Labute approximate surface area is 197 Å². The van der Waals surface area contributed by atoms with Crippen LogP contribution in [0.1, 0.15) is 28.5 Å². The molecule has 2 heterocycles. The second kappa shape index (κ2) is 8.79. The Morgan fingerprint density at radius 1 is 0.829 bits per heavy atom. The van der Waals surface area contributed by atoms with Crippen LogP contribution in [0.15, 0.2) is 79.1 Å². The summed E-state index contributed by atoms with van der Waals surface area (Å²) in [7, 11) is 0. The second-order valence-corrected chi connectivity index (χ2v) is 7.92. The highest BCUT2D eigenvalue weighted by Crippen LogP contribution is 2.19. The summed E-state index contributed by atoms with van der Waals surface area (Å²) in [6.07, 6.45) is 3.68. The first-order valence-electron chi connectivity index (χ1n) is 10.6. The molecular weight excluding hydrogens is 450 g/mol. The Balaban J connectivity index is 1.41. The molecule has 2 aromatic heterocycles. The number of nitro groups is 1. The molecule has 172 valence electrons. The summed E-state index contributed by atoms with van der Waals surface area (Å²) in [4.78, 5) is 43.7. The van der Waals surface area contributed by atoms with E-state index in [0.29, 0.717) is 39.7 Å². The van der Waals surface area contributed by atoms with Gasteiger partial charge in [0, 0.05) is 25.1 Å². The van der Waals surface area contributed by atoms with Gasteiger partial charge in [0.05, 0.1) is 26.7 Å². The number of hydrogen-bond donors (Lipinski definition) is 0. The minimum absolute atomic E-state index is 0.00719. The Kier molecular flexibility index (Phi) is 5.50. The van der Waals surface area contributed by atoms with Crippen molar-refractivity contribution >= 4 is 39.6 Å². The lowest BCUT2D eigenvalue weighted by atomic mass is 10.0. The van der Waals surface area contributed by atoms with E-state index in [-0.39, 0.29) is 11.6 Å². The van der Waals surface area contributed by atoms with E-state index in [1.54, 1.807) is 49.4 Å². The second-order valence-electron chi connectivity index (χ2n) is 7.92. The zero-order valence-corrected chi connectivity index (χ0v) is 18.4. The molecule has 0 radical (unpaired) electrons. The van der Waals surface area contributed by atoms with Gasteiger partial charge in [-0.2, -0.15) is 0 Å². The number of nitrogens with zero attached hydrogens (tertiary/aromatic N) is 3. The van der Waals surface area contributed by atoms with E-state index >= 15 is 0 Å². The molecule has 9 heteroatoms. The smallest absolute Gasteiger partial charge is 0.347 e. The third kappa shape index (κ3) is 4.60. The Morgan fingerprint density at radius 3 is 2.06 bits per heavy atom. The van der Waals surface area contributed by atoms with E-state index in [4.69, 9.17) is 8.83 Å². The molecule has 0 atom stereocenters. The van der Waals surface area contributed by atoms with Gasteiger partial charge in [-0.15, -0.1) is 0 Å². The quantitative estimate of drug-likeness (QED) is 0.269. The Bertz CT molecular complexity index is 1750. The van der Waals surface area contributed by atoms with Crippen LogP contribution in [-0.4, -0.2) is 14.9 Å². The van der Waals surface area contributed by atoms with Crippen molar-refractivity contribution in [3.8, 4) is 0 Å². The van der Waals surface area contributed by atoms with Crippen LogP contribution in [0.3, 0.4) is 0 Å². The summed E-state index contributed by atoms with van der Waals surface area (Å²) in [6, 6.07) is 16.7. The normalized spacial score (nSPS) is 11.5. The van der Waals surface area contributed by atoms with Crippen LogP contribution in [0.4, 0.5) is 5.69 Å². The number of fused-ring (bicyclic) bond motifs is 2. The fraction of sp³-hybridized carbons (Fsp3) is 0.0769. The van der Waals surface area contributed by atoms with E-state index in [1.807, 2.05) is 12.1 Å². The molecule has 3 aromatic carbocycles. The van der Waals surface area contributed by atoms with Crippen molar-refractivity contribution in [2.24, 2.45) is 0 Å². The highest BCUT2D eigenvalue weighted by Gasteiger charge is 2.09. The molecule has 35 heavy (non-hydrogen) atoms. The lowest BCUT2D eigenvalue weighted by molar-refractivity contribution is -0.384. The number of hydrogen-bond acceptors (Lipinski definition) is 8. The molecule has 0 saturated carbocycles. The van der Waals surface area contributed by atoms with E-state index in [0.717, 1.165) is 11.1 Å². The predicted molar refractivity (Wildman–Crippen MR) is 130 cm³/mol. The predicted octanol–water partition coefficient (Wildman–Crippen LogP) is 4.67. The summed E-state index contributed by atoms with van der Waals surface area (Å²) in [6.45, 7) is 1.63. The maximum Gasteiger partial charge on any atom is 0.347 e. The first-order chi connectivity index (χ1) is 16.9. The third-order valence-corrected chi connectivity index (χ3v) is 5.44. The van der Waals surface area contributed by atoms with Gasteiger partial charge in [0.15, 0.2) is 5.89 Å². The van der Waals surface area contributed by atoms with Gasteiger partial charge in [0.2, 0.25) is 5.89 Å². The fourth-order valence-corrected chi connectivity index (χ4v) is 3.76. The standard InChI is InChI=1S/C26H17N3O6/c1-15-27-22-9-4-17(13-20(22)25(30)34-15)12-18-5-10-23-21(14-18)26(31)35-24(28-23)11-6-16-2-7-19(8-3-16)29(32)33/h2-11,13-14H,12H2,1H3. The summed E-state index contributed by atoms with van der Waals surface area (Å²) in [5.74, 6) is 0.434.